The molecule has 0 bridgehead atoms. The highest BCUT2D eigenvalue weighted by Crippen LogP contribution is 2.32. The van der Waals surface area contributed by atoms with Crippen molar-refractivity contribution in [2.45, 2.75) is 12.3 Å². The Labute approximate surface area is 287 Å². The molecule has 0 amide bonds. The van der Waals surface area contributed by atoms with Gasteiger partial charge in [0.25, 0.3) is 0 Å². The van der Waals surface area contributed by atoms with Gasteiger partial charge in [-0.15, -0.1) is 0 Å². The number of aromatic nitrogens is 6. The van der Waals surface area contributed by atoms with E-state index in [4.69, 9.17) is 19.9 Å². The number of hydrogen-bond donors (Lipinski definition) is 1. The largest absolute Gasteiger partial charge is 0.355 e. The summed E-state index contributed by atoms with van der Waals surface area (Å²) in [6.45, 7) is 0. The zero-order valence-corrected chi connectivity index (χ0v) is 27.0. The fourth-order valence-corrected chi connectivity index (χ4v) is 7.35. The molecule has 0 saturated heterocycles. The van der Waals surface area contributed by atoms with E-state index in [2.05, 4.69) is 94.5 Å². The second-order valence-corrected chi connectivity index (χ2v) is 12.8. The van der Waals surface area contributed by atoms with E-state index in [1.165, 1.54) is 43.3 Å². The van der Waals surface area contributed by atoms with Crippen molar-refractivity contribution in [2.24, 2.45) is 0 Å². The highest BCUT2D eigenvalue weighted by Gasteiger charge is 2.19. The van der Waals surface area contributed by atoms with E-state index in [0.29, 0.717) is 23.2 Å². The van der Waals surface area contributed by atoms with Crippen LogP contribution in [0.5, 0.6) is 0 Å². The molecule has 0 radical (unpaired) electrons. The van der Waals surface area contributed by atoms with Gasteiger partial charge in [-0.2, -0.15) is 0 Å². The molecule has 1 unspecified atom stereocenters. The lowest BCUT2D eigenvalue weighted by Gasteiger charge is -2.15. The van der Waals surface area contributed by atoms with Gasteiger partial charge in [0.1, 0.15) is 5.69 Å². The van der Waals surface area contributed by atoms with Gasteiger partial charge in [0.15, 0.2) is 17.5 Å². The smallest absolute Gasteiger partial charge is 0.182 e. The maximum atomic E-state index is 4.94. The molecule has 6 nitrogen and oxygen atoms in total. The van der Waals surface area contributed by atoms with Crippen molar-refractivity contribution in [3.05, 3.63) is 162 Å². The second kappa shape index (κ2) is 11.5. The van der Waals surface area contributed by atoms with Crippen molar-refractivity contribution in [1.29, 1.82) is 0 Å². The predicted molar refractivity (Wildman–Crippen MR) is 202 cm³/mol. The highest BCUT2D eigenvalue weighted by atomic mass is 15.1. The molecule has 0 saturated carbocycles. The minimum atomic E-state index is 0.279. The molecule has 4 heterocycles. The number of para-hydroxylation sites is 2. The van der Waals surface area contributed by atoms with Crippen LogP contribution in [-0.2, 0) is 0 Å². The van der Waals surface area contributed by atoms with E-state index in [0.717, 1.165) is 28.8 Å². The van der Waals surface area contributed by atoms with Gasteiger partial charge in [-0.25, -0.2) is 15.0 Å². The number of H-pyrrole nitrogens is 1. The third-order valence-electron chi connectivity index (χ3n) is 9.78. The third kappa shape index (κ3) is 4.72. The predicted octanol–water partition coefficient (Wildman–Crippen LogP) is 8.59. The normalized spacial score (nSPS) is 14.0. The Hall–Kier alpha value is -6.66. The minimum Gasteiger partial charge on any atom is -0.355 e. The SMILES string of the molecule is C1=c2c(n(-c3ccc(-c4nc(-c5ccccc5)nc(-c5ccccc5)n4)nc3)c3ccccc23)=CCC1c1ccc2[nH]c3ccccc3c2c1. The second-order valence-electron chi connectivity index (χ2n) is 12.8. The Balaban J connectivity index is 1.06. The van der Waals surface area contributed by atoms with Gasteiger partial charge in [-0.05, 0) is 48.4 Å². The lowest BCUT2D eigenvalue weighted by Crippen LogP contribution is -2.31. The standard InChI is InChI=1S/C44H30N6/c1-3-11-28(12-4-1)42-47-43(29-13-5-2-6-14-29)49-44(48-42)39-23-21-32(27-45-39)50-40-18-10-8-16-34(40)36-26-31(20-24-41(36)50)30-19-22-38-35(25-30)33-15-7-9-17-37(33)46-38/h1-19,21-27,31,46H,20H2. The lowest BCUT2D eigenvalue weighted by atomic mass is 9.90. The van der Waals surface area contributed by atoms with Crippen molar-refractivity contribution in [3.63, 3.8) is 0 Å². The van der Waals surface area contributed by atoms with Gasteiger partial charge in [-0.3, -0.25) is 4.98 Å². The summed E-state index contributed by atoms with van der Waals surface area (Å²) in [6, 6.07) is 48.2. The third-order valence-corrected chi connectivity index (χ3v) is 9.78. The molecule has 236 valence electrons. The number of pyridine rings is 1. The van der Waals surface area contributed by atoms with Crippen LogP contribution in [0.1, 0.15) is 17.9 Å². The van der Waals surface area contributed by atoms with Crippen molar-refractivity contribution < 1.29 is 0 Å². The molecule has 0 spiro atoms. The number of nitrogens with one attached hydrogen (secondary N) is 1. The molecule has 1 aliphatic carbocycles. The summed E-state index contributed by atoms with van der Waals surface area (Å²) in [5.74, 6) is 2.06. The number of benzene rings is 5. The molecule has 6 heteroatoms. The summed E-state index contributed by atoms with van der Waals surface area (Å²) in [6.07, 6.45) is 7.68. The summed E-state index contributed by atoms with van der Waals surface area (Å²) >= 11 is 0. The summed E-state index contributed by atoms with van der Waals surface area (Å²) in [4.78, 5) is 23.1. The summed E-state index contributed by atoms with van der Waals surface area (Å²) in [5.41, 5.74) is 8.39. The van der Waals surface area contributed by atoms with E-state index in [1.807, 2.05) is 72.9 Å². The molecule has 1 atom stereocenters. The van der Waals surface area contributed by atoms with E-state index in [-0.39, 0.29) is 5.92 Å². The van der Waals surface area contributed by atoms with Crippen molar-refractivity contribution in [1.82, 2.24) is 29.5 Å². The summed E-state index contributed by atoms with van der Waals surface area (Å²) in [5, 5.41) is 6.23. The topological polar surface area (TPSA) is 72.3 Å². The highest BCUT2D eigenvalue weighted by molar-refractivity contribution is 6.07. The Morgan fingerprint density at radius 1 is 0.580 bits per heavy atom. The van der Waals surface area contributed by atoms with Gasteiger partial charge >= 0.3 is 0 Å². The monoisotopic (exact) mass is 642 g/mol. The Kier molecular flexibility index (Phi) is 6.52. The van der Waals surface area contributed by atoms with Crippen LogP contribution in [0.25, 0.3) is 84.8 Å². The van der Waals surface area contributed by atoms with Crippen LogP contribution in [0.15, 0.2) is 146 Å². The Morgan fingerprint density at radius 3 is 1.98 bits per heavy atom. The first-order valence-corrected chi connectivity index (χ1v) is 16.9. The van der Waals surface area contributed by atoms with E-state index >= 15 is 0 Å². The van der Waals surface area contributed by atoms with Crippen LogP contribution in [-0.4, -0.2) is 29.5 Å². The van der Waals surface area contributed by atoms with Crippen LogP contribution in [0, 0.1) is 0 Å². The van der Waals surface area contributed by atoms with Gasteiger partial charge in [0, 0.05) is 54.8 Å². The van der Waals surface area contributed by atoms with Crippen molar-refractivity contribution >= 4 is 44.9 Å². The summed E-state index contributed by atoms with van der Waals surface area (Å²) in [7, 11) is 0. The van der Waals surface area contributed by atoms with Crippen LogP contribution in [0.4, 0.5) is 0 Å². The first kappa shape index (κ1) is 28.4. The molecule has 1 N–H and O–H groups in total. The molecule has 0 fully saturated rings. The first-order valence-electron chi connectivity index (χ1n) is 16.9. The summed E-state index contributed by atoms with van der Waals surface area (Å²) < 4.78 is 2.33. The molecule has 4 aromatic heterocycles. The molecule has 9 aromatic rings. The fourth-order valence-electron chi connectivity index (χ4n) is 7.35. The van der Waals surface area contributed by atoms with Crippen LogP contribution in [0.2, 0.25) is 0 Å². The van der Waals surface area contributed by atoms with E-state index < -0.39 is 0 Å². The quantitative estimate of drug-likeness (QED) is 0.204. The molecule has 50 heavy (non-hydrogen) atoms. The van der Waals surface area contributed by atoms with Crippen LogP contribution in [0.3, 0.4) is 0 Å². The number of hydrogen-bond acceptors (Lipinski definition) is 4. The zero-order valence-electron chi connectivity index (χ0n) is 27.0. The molecule has 0 aliphatic heterocycles. The van der Waals surface area contributed by atoms with Gasteiger partial charge < -0.3 is 9.55 Å². The van der Waals surface area contributed by atoms with Crippen LogP contribution < -0.4 is 10.6 Å². The van der Waals surface area contributed by atoms with Gasteiger partial charge in [0.2, 0.25) is 0 Å². The molecule has 5 aromatic carbocycles. The van der Waals surface area contributed by atoms with Gasteiger partial charge in [-0.1, -0.05) is 115 Å². The van der Waals surface area contributed by atoms with E-state index in [1.54, 1.807) is 0 Å². The lowest BCUT2D eigenvalue weighted by molar-refractivity contribution is 0.908. The maximum absolute atomic E-state index is 4.94. The molecule has 10 rings (SSSR count). The van der Waals surface area contributed by atoms with Crippen molar-refractivity contribution in [3.8, 4) is 40.0 Å². The number of nitrogens with zero attached hydrogens (tertiary/aromatic N) is 5. The fraction of sp³-hybridized carbons (Fsp3) is 0.0455. The number of aromatic amines is 1. The minimum absolute atomic E-state index is 0.279. The van der Waals surface area contributed by atoms with E-state index in [9.17, 15) is 0 Å². The average molecular weight is 643 g/mol. The molecule has 1 aliphatic rings. The van der Waals surface area contributed by atoms with Crippen LogP contribution >= 0.6 is 0 Å². The Bertz CT molecular complexity index is 2780. The van der Waals surface area contributed by atoms with Gasteiger partial charge in [0.05, 0.1) is 17.4 Å². The number of fused-ring (bicyclic) bond motifs is 6. The molecular formula is C44H30N6. The Morgan fingerprint density at radius 2 is 1.24 bits per heavy atom. The average Bonchev–Trinajstić information content (AvgIpc) is 3.73. The zero-order chi connectivity index (χ0) is 33.0. The number of rotatable bonds is 5. The maximum Gasteiger partial charge on any atom is 0.182 e. The molecular weight excluding hydrogens is 613 g/mol. The van der Waals surface area contributed by atoms with Crippen molar-refractivity contribution in [2.75, 3.05) is 0 Å². The first-order chi connectivity index (χ1) is 24.8.